The topological polar surface area (TPSA) is 50.9 Å². The second kappa shape index (κ2) is 5.77. The highest BCUT2D eigenvalue weighted by Gasteiger charge is 2.01. The van der Waals surface area contributed by atoms with Gasteiger partial charge in [-0.1, -0.05) is 5.21 Å². The maximum atomic E-state index is 8.71. The molecular formula is C11H15N3OS. The molecule has 2 aromatic rings. The minimum absolute atomic E-state index is 0.210. The summed E-state index contributed by atoms with van der Waals surface area (Å²) >= 11 is 1.72. The van der Waals surface area contributed by atoms with Crippen LogP contribution in [-0.4, -0.2) is 26.7 Å². The molecule has 0 fully saturated rings. The van der Waals surface area contributed by atoms with E-state index in [-0.39, 0.29) is 6.61 Å². The molecule has 4 nitrogen and oxygen atoms in total. The van der Waals surface area contributed by atoms with Crippen LogP contribution in [0.5, 0.6) is 0 Å². The molecule has 2 rings (SSSR count). The van der Waals surface area contributed by atoms with Gasteiger partial charge in [-0.25, -0.2) is 0 Å². The fourth-order valence-electron chi connectivity index (χ4n) is 1.50. The van der Waals surface area contributed by atoms with Crippen LogP contribution >= 0.6 is 11.3 Å². The number of nitrogens with zero attached hydrogens (tertiary/aromatic N) is 3. The monoisotopic (exact) mass is 237 g/mol. The number of hydrogen-bond acceptors (Lipinski definition) is 4. The molecule has 86 valence electrons. The van der Waals surface area contributed by atoms with Gasteiger partial charge in [-0.05, 0) is 41.7 Å². The lowest BCUT2D eigenvalue weighted by atomic mass is 10.2. The van der Waals surface area contributed by atoms with Crippen LogP contribution in [-0.2, 0) is 19.4 Å². The van der Waals surface area contributed by atoms with Crippen molar-refractivity contribution in [1.29, 1.82) is 0 Å². The molecule has 0 aliphatic carbocycles. The molecular weight excluding hydrogens is 222 g/mol. The SMILES string of the molecule is OCCCc1cn(CCc2ccsc2)nn1. The molecule has 0 bridgehead atoms. The fraction of sp³-hybridized carbons (Fsp3) is 0.455. The van der Waals surface area contributed by atoms with Crippen LogP contribution in [0.15, 0.2) is 23.0 Å². The predicted octanol–water partition coefficient (Wildman–Crippen LogP) is 1.51. The molecule has 2 heterocycles. The maximum Gasteiger partial charge on any atom is 0.0828 e. The zero-order chi connectivity index (χ0) is 11.2. The van der Waals surface area contributed by atoms with Crippen molar-refractivity contribution in [1.82, 2.24) is 15.0 Å². The summed E-state index contributed by atoms with van der Waals surface area (Å²) in [6.45, 7) is 1.07. The van der Waals surface area contributed by atoms with Crippen LogP contribution in [0.2, 0.25) is 0 Å². The number of aliphatic hydroxyl groups excluding tert-OH is 1. The highest BCUT2D eigenvalue weighted by molar-refractivity contribution is 7.07. The van der Waals surface area contributed by atoms with Crippen molar-refractivity contribution in [3.8, 4) is 0 Å². The van der Waals surface area contributed by atoms with Gasteiger partial charge in [0.25, 0.3) is 0 Å². The Bertz CT molecular complexity index is 411. The summed E-state index contributed by atoms with van der Waals surface area (Å²) in [5, 5.41) is 21.1. The van der Waals surface area contributed by atoms with E-state index in [0.717, 1.165) is 31.5 Å². The van der Waals surface area contributed by atoms with E-state index in [1.165, 1.54) is 5.56 Å². The molecule has 0 aliphatic heterocycles. The number of rotatable bonds is 6. The number of aliphatic hydroxyl groups is 1. The summed E-state index contributed by atoms with van der Waals surface area (Å²) in [4.78, 5) is 0. The van der Waals surface area contributed by atoms with Crippen molar-refractivity contribution in [3.05, 3.63) is 34.3 Å². The van der Waals surface area contributed by atoms with E-state index < -0.39 is 0 Å². The summed E-state index contributed by atoms with van der Waals surface area (Å²) in [6, 6.07) is 2.13. The minimum atomic E-state index is 0.210. The molecule has 0 amide bonds. The smallest absolute Gasteiger partial charge is 0.0828 e. The molecule has 0 radical (unpaired) electrons. The van der Waals surface area contributed by atoms with Gasteiger partial charge < -0.3 is 5.11 Å². The van der Waals surface area contributed by atoms with Crippen LogP contribution in [0, 0.1) is 0 Å². The minimum Gasteiger partial charge on any atom is -0.396 e. The molecule has 0 saturated carbocycles. The Balaban J connectivity index is 1.83. The molecule has 5 heteroatoms. The number of hydrogen-bond donors (Lipinski definition) is 1. The Hall–Kier alpha value is -1.20. The third kappa shape index (κ3) is 3.15. The molecule has 1 N–H and O–H groups in total. The lowest BCUT2D eigenvalue weighted by Crippen LogP contribution is -2.01. The van der Waals surface area contributed by atoms with Gasteiger partial charge in [0.15, 0.2) is 0 Å². The normalized spacial score (nSPS) is 10.8. The molecule has 0 aliphatic rings. The van der Waals surface area contributed by atoms with Crippen molar-refractivity contribution < 1.29 is 5.11 Å². The van der Waals surface area contributed by atoms with Crippen LogP contribution in [0.3, 0.4) is 0 Å². The summed E-state index contributed by atoms with van der Waals surface area (Å²) in [6.07, 6.45) is 4.51. The van der Waals surface area contributed by atoms with Gasteiger partial charge in [0.05, 0.1) is 5.69 Å². The second-order valence-corrected chi connectivity index (χ2v) is 4.46. The first-order valence-corrected chi connectivity index (χ1v) is 6.33. The first kappa shape index (κ1) is 11.3. The summed E-state index contributed by atoms with van der Waals surface area (Å²) in [5.74, 6) is 0. The Morgan fingerprint density at radius 3 is 3.06 bits per heavy atom. The number of aryl methyl sites for hydroxylation is 3. The second-order valence-electron chi connectivity index (χ2n) is 3.68. The Morgan fingerprint density at radius 2 is 2.31 bits per heavy atom. The zero-order valence-electron chi connectivity index (χ0n) is 9.04. The van der Waals surface area contributed by atoms with E-state index in [4.69, 9.17) is 5.11 Å². The van der Waals surface area contributed by atoms with E-state index in [0.29, 0.717) is 0 Å². The van der Waals surface area contributed by atoms with Crippen LogP contribution in [0.25, 0.3) is 0 Å². The maximum absolute atomic E-state index is 8.71. The Labute approximate surface area is 98.5 Å². The number of thiophene rings is 1. The standard InChI is InChI=1S/C11H15N3OS/c15-6-1-2-11-8-14(13-12-11)5-3-10-4-7-16-9-10/h4,7-9,15H,1-3,5-6H2. The van der Waals surface area contributed by atoms with Gasteiger partial charge >= 0.3 is 0 Å². The average Bonchev–Trinajstić information content (AvgIpc) is 2.95. The molecule has 0 atom stereocenters. The van der Waals surface area contributed by atoms with Gasteiger partial charge in [-0.15, -0.1) is 5.10 Å². The number of aromatic nitrogens is 3. The van der Waals surface area contributed by atoms with Gasteiger partial charge in [-0.3, -0.25) is 4.68 Å². The third-order valence-electron chi connectivity index (χ3n) is 2.39. The highest BCUT2D eigenvalue weighted by Crippen LogP contribution is 2.07. The highest BCUT2D eigenvalue weighted by atomic mass is 32.1. The summed E-state index contributed by atoms with van der Waals surface area (Å²) < 4.78 is 1.87. The van der Waals surface area contributed by atoms with Crippen molar-refractivity contribution in [3.63, 3.8) is 0 Å². The van der Waals surface area contributed by atoms with Crippen molar-refractivity contribution in [2.75, 3.05) is 6.61 Å². The first-order valence-electron chi connectivity index (χ1n) is 5.39. The van der Waals surface area contributed by atoms with Crippen LogP contribution in [0.4, 0.5) is 0 Å². The van der Waals surface area contributed by atoms with Gasteiger partial charge in [-0.2, -0.15) is 11.3 Å². The van der Waals surface area contributed by atoms with E-state index in [1.54, 1.807) is 11.3 Å². The zero-order valence-corrected chi connectivity index (χ0v) is 9.86. The predicted molar refractivity (Wildman–Crippen MR) is 63.5 cm³/mol. The molecule has 16 heavy (non-hydrogen) atoms. The molecule has 2 aromatic heterocycles. The average molecular weight is 237 g/mol. The molecule has 0 unspecified atom stereocenters. The molecule has 0 aromatic carbocycles. The largest absolute Gasteiger partial charge is 0.396 e. The summed E-state index contributed by atoms with van der Waals surface area (Å²) in [7, 11) is 0. The Kier molecular flexibility index (Phi) is 4.07. The Morgan fingerprint density at radius 1 is 1.38 bits per heavy atom. The lowest BCUT2D eigenvalue weighted by molar-refractivity contribution is 0.288. The van der Waals surface area contributed by atoms with Crippen molar-refractivity contribution in [2.24, 2.45) is 0 Å². The van der Waals surface area contributed by atoms with Gasteiger partial charge in [0.1, 0.15) is 0 Å². The third-order valence-corrected chi connectivity index (χ3v) is 3.12. The van der Waals surface area contributed by atoms with E-state index in [2.05, 4.69) is 27.1 Å². The molecule has 0 saturated heterocycles. The molecule has 0 spiro atoms. The van der Waals surface area contributed by atoms with Gasteiger partial charge in [0, 0.05) is 19.3 Å². The van der Waals surface area contributed by atoms with Crippen molar-refractivity contribution in [2.45, 2.75) is 25.8 Å². The van der Waals surface area contributed by atoms with Gasteiger partial charge in [0.2, 0.25) is 0 Å². The fourth-order valence-corrected chi connectivity index (χ4v) is 2.20. The quantitative estimate of drug-likeness (QED) is 0.828. The van der Waals surface area contributed by atoms with Crippen LogP contribution < -0.4 is 0 Å². The van der Waals surface area contributed by atoms with Crippen LogP contribution in [0.1, 0.15) is 17.7 Å². The van der Waals surface area contributed by atoms with E-state index in [9.17, 15) is 0 Å². The summed E-state index contributed by atoms with van der Waals surface area (Å²) in [5.41, 5.74) is 2.30. The van der Waals surface area contributed by atoms with E-state index >= 15 is 0 Å². The van der Waals surface area contributed by atoms with E-state index in [1.807, 2.05) is 10.9 Å². The van der Waals surface area contributed by atoms with Crippen molar-refractivity contribution >= 4 is 11.3 Å². The lowest BCUT2D eigenvalue weighted by Gasteiger charge is -1.97. The first-order chi connectivity index (χ1) is 7.88.